The lowest BCUT2D eigenvalue weighted by Gasteiger charge is -2.38. The second-order valence-electron chi connectivity index (χ2n) is 12.9. The number of benzene rings is 2. The Morgan fingerprint density at radius 1 is 1.00 bits per heavy atom. The van der Waals surface area contributed by atoms with E-state index in [-0.39, 0.29) is 30.9 Å². The number of fused-ring (bicyclic) bond motifs is 1. The van der Waals surface area contributed by atoms with E-state index in [0.29, 0.717) is 31.6 Å². The molecule has 6 atom stereocenters. The molecule has 1 N–H and O–H groups in total. The molecule has 2 unspecified atom stereocenters. The van der Waals surface area contributed by atoms with Crippen molar-refractivity contribution >= 4 is 29.1 Å². The van der Waals surface area contributed by atoms with Crippen LogP contribution in [0.4, 0.5) is 11.4 Å². The molecular formula is C37H48N4O5. The maximum atomic E-state index is 14.8. The van der Waals surface area contributed by atoms with Gasteiger partial charge in [0.2, 0.25) is 11.8 Å². The van der Waals surface area contributed by atoms with Crippen molar-refractivity contribution < 1.29 is 24.2 Å². The van der Waals surface area contributed by atoms with E-state index in [4.69, 9.17) is 4.74 Å². The van der Waals surface area contributed by atoms with E-state index >= 15 is 0 Å². The van der Waals surface area contributed by atoms with Gasteiger partial charge in [-0.3, -0.25) is 14.4 Å². The lowest BCUT2D eigenvalue weighted by atomic mass is 9.66. The maximum Gasteiger partial charge on any atom is 0.253 e. The predicted molar refractivity (Wildman–Crippen MR) is 180 cm³/mol. The third-order valence-electron chi connectivity index (χ3n) is 10.2. The third kappa shape index (κ3) is 5.53. The minimum Gasteiger partial charge on any atom is -0.394 e. The number of aliphatic hydroxyl groups excluding tert-OH is 1. The highest BCUT2D eigenvalue weighted by Gasteiger charge is 2.78. The lowest BCUT2D eigenvalue weighted by Crippen LogP contribution is -2.58. The van der Waals surface area contributed by atoms with Crippen molar-refractivity contribution in [3.05, 3.63) is 85.5 Å². The Hall–Kier alpha value is -3.95. The number of likely N-dealkylation sites (tertiary alicyclic amines) is 1. The number of carbonyl (C=O) groups excluding carboxylic acids is 3. The zero-order valence-electron chi connectivity index (χ0n) is 27.6. The molecule has 0 aromatic heterocycles. The van der Waals surface area contributed by atoms with Crippen LogP contribution in [0.3, 0.4) is 0 Å². The molecule has 9 nitrogen and oxygen atoms in total. The van der Waals surface area contributed by atoms with Gasteiger partial charge in [0, 0.05) is 44.1 Å². The lowest BCUT2D eigenvalue weighted by molar-refractivity contribution is -0.152. The Morgan fingerprint density at radius 2 is 1.63 bits per heavy atom. The van der Waals surface area contributed by atoms with Crippen molar-refractivity contribution in [1.29, 1.82) is 0 Å². The highest BCUT2D eigenvalue weighted by molar-refractivity contribution is 6.05. The van der Waals surface area contributed by atoms with Crippen LogP contribution in [0.2, 0.25) is 0 Å². The van der Waals surface area contributed by atoms with E-state index in [0.717, 1.165) is 24.3 Å². The molecule has 246 valence electrons. The summed E-state index contributed by atoms with van der Waals surface area (Å²) in [6, 6.07) is 15.9. The number of amides is 3. The van der Waals surface area contributed by atoms with Gasteiger partial charge in [0.1, 0.15) is 11.6 Å². The second-order valence-corrected chi connectivity index (χ2v) is 12.9. The molecule has 46 heavy (non-hydrogen) atoms. The molecule has 3 amide bonds. The molecule has 9 heteroatoms. The van der Waals surface area contributed by atoms with Gasteiger partial charge in [-0.05, 0) is 70.4 Å². The number of carbonyl (C=O) groups is 3. The topological polar surface area (TPSA) is 93.6 Å². The Labute approximate surface area is 273 Å². The van der Waals surface area contributed by atoms with Crippen LogP contribution in [0.1, 0.15) is 46.1 Å². The summed E-state index contributed by atoms with van der Waals surface area (Å²) in [6.45, 7) is 17.9. The summed E-state index contributed by atoms with van der Waals surface area (Å²) < 4.78 is 6.86. The third-order valence-corrected chi connectivity index (χ3v) is 10.2. The van der Waals surface area contributed by atoms with Crippen LogP contribution in [0.25, 0.3) is 0 Å². The molecule has 2 aromatic carbocycles. The SMILES string of the molecule is C=CCN(Cc1ccccc1)C(=O)[C@@H]1[C@H]2C(=O)N([C@H](C)CO)C(C(=O)N(CC=C)c3ccc(N(CC)CC)cc3)C23CC[C@@]1(C)O3. The van der Waals surface area contributed by atoms with Crippen LogP contribution in [0, 0.1) is 11.8 Å². The van der Waals surface area contributed by atoms with Crippen LogP contribution in [-0.4, -0.2) is 88.7 Å². The Bertz CT molecular complexity index is 1440. The summed E-state index contributed by atoms with van der Waals surface area (Å²) in [5, 5.41) is 10.3. The van der Waals surface area contributed by atoms with Gasteiger partial charge in [-0.15, -0.1) is 13.2 Å². The van der Waals surface area contributed by atoms with Crippen LogP contribution in [-0.2, 0) is 25.7 Å². The summed E-state index contributed by atoms with van der Waals surface area (Å²) in [5.74, 6) is -2.47. The highest BCUT2D eigenvalue weighted by Crippen LogP contribution is 2.64. The van der Waals surface area contributed by atoms with Gasteiger partial charge in [0.25, 0.3) is 5.91 Å². The Kier molecular flexibility index (Phi) is 9.75. The molecule has 0 saturated carbocycles. The van der Waals surface area contributed by atoms with Gasteiger partial charge in [-0.2, -0.15) is 0 Å². The van der Waals surface area contributed by atoms with Crippen LogP contribution >= 0.6 is 0 Å². The Balaban J connectivity index is 1.54. The molecular weight excluding hydrogens is 580 g/mol. The van der Waals surface area contributed by atoms with Crippen LogP contribution in [0.5, 0.6) is 0 Å². The molecule has 0 radical (unpaired) electrons. The molecule has 3 aliphatic rings. The van der Waals surface area contributed by atoms with Crippen molar-refractivity contribution in [3.63, 3.8) is 0 Å². The number of rotatable bonds is 14. The van der Waals surface area contributed by atoms with E-state index in [1.54, 1.807) is 28.9 Å². The molecule has 2 bridgehead atoms. The summed E-state index contributed by atoms with van der Waals surface area (Å²) in [7, 11) is 0. The fraction of sp³-hybridized carbons (Fsp3) is 0.486. The first-order valence-electron chi connectivity index (χ1n) is 16.4. The molecule has 0 aliphatic carbocycles. The summed E-state index contributed by atoms with van der Waals surface area (Å²) in [6.07, 6.45) is 4.34. The second kappa shape index (κ2) is 13.4. The van der Waals surface area contributed by atoms with E-state index in [9.17, 15) is 19.5 Å². The largest absolute Gasteiger partial charge is 0.394 e. The molecule has 2 aromatic rings. The minimum atomic E-state index is -1.21. The Morgan fingerprint density at radius 3 is 2.22 bits per heavy atom. The predicted octanol–water partition coefficient (Wildman–Crippen LogP) is 4.41. The van der Waals surface area contributed by atoms with E-state index in [1.165, 1.54) is 4.90 Å². The molecule has 3 saturated heterocycles. The van der Waals surface area contributed by atoms with Crippen molar-refractivity contribution in [2.75, 3.05) is 42.6 Å². The number of hydrogen-bond donors (Lipinski definition) is 1. The first kappa shape index (κ1) is 33.4. The van der Waals surface area contributed by atoms with Gasteiger partial charge in [0.15, 0.2) is 0 Å². The molecule has 3 fully saturated rings. The summed E-state index contributed by atoms with van der Waals surface area (Å²) in [4.78, 5) is 50.9. The molecule has 3 heterocycles. The molecule has 1 spiro atoms. The van der Waals surface area contributed by atoms with E-state index in [1.807, 2.05) is 61.5 Å². The van der Waals surface area contributed by atoms with Crippen LogP contribution in [0.15, 0.2) is 79.9 Å². The number of anilines is 2. The van der Waals surface area contributed by atoms with Gasteiger partial charge >= 0.3 is 0 Å². The molecule has 3 aliphatic heterocycles. The standard InChI is InChI=1S/C37H48N4O5/c1-7-22-39(24-27-14-12-11-13-15-27)33(43)30-31-34(44)41(26(5)25-42)32(37(31)21-20-36(30,6)46-37)35(45)40(23-8-2)29-18-16-28(17-19-29)38(9-3)10-4/h7-8,11-19,26,30-32,42H,1-2,9-10,20-25H2,3-6H3/t26-,30+,31+,32?,36-,37?/m1/s1. The average molecular weight is 629 g/mol. The number of ether oxygens (including phenoxy) is 1. The van der Waals surface area contributed by atoms with Crippen molar-refractivity contribution in [2.45, 2.75) is 70.4 Å². The monoisotopic (exact) mass is 628 g/mol. The first-order chi connectivity index (χ1) is 22.1. The van der Waals surface area contributed by atoms with E-state index < -0.39 is 35.1 Å². The fourth-order valence-corrected chi connectivity index (χ4v) is 8.00. The van der Waals surface area contributed by atoms with Crippen molar-refractivity contribution in [1.82, 2.24) is 9.80 Å². The van der Waals surface area contributed by atoms with Crippen molar-refractivity contribution in [3.8, 4) is 0 Å². The summed E-state index contributed by atoms with van der Waals surface area (Å²) >= 11 is 0. The van der Waals surface area contributed by atoms with Gasteiger partial charge in [0.05, 0.1) is 30.1 Å². The zero-order valence-corrected chi connectivity index (χ0v) is 27.6. The van der Waals surface area contributed by atoms with E-state index in [2.05, 4.69) is 31.9 Å². The van der Waals surface area contributed by atoms with Gasteiger partial charge in [-0.1, -0.05) is 42.5 Å². The quantitative estimate of drug-likeness (QED) is 0.312. The van der Waals surface area contributed by atoms with Gasteiger partial charge < -0.3 is 29.4 Å². The van der Waals surface area contributed by atoms with Crippen molar-refractivity contribution in [2.24, 2.45) is 11.8 Å². The number of hydrogen-bond acceptors (Lipinski definition) is 6. The normalized spacial score (nSPS) is 26.8. The minimum absolute atomic E-state index is 0.189. The average Bonchev–Trinajstić information content (AvgIpc) is 3.64. The smallest absolute Gasteiger partial charge is 0.253 e. The fourth-order valence-electron chi connectivity index (χ4n) is 8.00. The van der Waals surface area contributed by atoms with Gasteiger partial charge in [-0.25, -0.2) is 0 Å². The zero-order chi connectivity index (χ0) is 33.2. The maximum absolute atomic E-state index is 14.8. The molecule has 5 rings (SSSR count). The number of aliphatic hydroxyl groups is 1. The van der Waals surface area contributed by atoms with Crippen LogP contribution < -0.4 is 9.80 Å². The highest BCUT2D eigenvalue weighted by atomic mass is 16.5. The number of nitrogens with zero attached hydrogens (tertiary/aromatic N) is 4. The summed E-state index contributed by atoms with van der Waals surface area (Å²) in [5.41, 5.74) is 0.567. The first-order valence-corrected chi connectivity index (χ1v) is 16.4.